The van der Waals surface area contributed by atoms with Crippen LogP contribution >= 0.6 is 0 Å². The normalized spacial score (nSPS) is 17.5. The first-order valence-electron chi connectivity index (χ1n) is 16.9. The maximum atomic E-state index is 14.8. The number of hydrogen-bond donors (Lipinski definition) is 0. The summed E-state index contributed by atoms with van der Waals surface area (Å²) in [7, 11) is -5.71. The summed E-state index contributed by atoms with van der Waals surface area (Å²) in [6.45, 7) is 11.7. The molecule has 2 aromatic rings. The molecule has 14 nitrogen and oxygen atoms in total. The van der Waals surface area contributed by atoms with Gasteiger partial charge in [0.1, 0.15) is 22.6 Å². The number of sulfone groups is 2. The summed E-state index contributed by atoms with van der Waals surface area (Å²) in [5, 5.41) is 6.19. The van der Waals surface area contributed by atoms with Gasteiger partial charge in [0.2, 0.25) is 15.3 Å². The van der Waals surface area contributed by atoms with Crippen molar-refractivity contribution in [2.75, 3.05) is 31.9 Å². The molecule has 0 radical (unpaired) electrons. The number of halogens is 5. The van der Waals surface area contributed by atoms with Crippen molar-refractivity contribution in [1.82, 2.24) is 29.4 Å². The Balaban J connectivity index is 0.000000286. The lowest BCUT2D eigenvalue weighted by atomic mass is 9.98. The number of carbonyl (C=O) groups is 2. The lowest BCUT2D eigenvalue weighted by molar-refractivity contribution is 0.0163. The van der Waals surface area contributed by atoms with Crippen molar-refractivity contribution in [3.63, 3.8) is 0 Å². The van der Waals surface area contributed by atoms with Crippen LogP contribution in [0.5, 0.6) is 0 Å². The van der Waals surface area contributed by atoms with Crippen LogP contribution in [-0.4, -0.2) is 107 Å². The molecule has 0 saturated carbocycles. The van der Waals surface area contributed by atoms with Crippen LogP contribution in [-0.2, 0) is 43.2 Å². The van der Waals surface area contributed by atoms with E-state index >= 15 is 0 Å². The summed E-state index contributed by atoms with van der Waals surface area (Å²) in [6.07, 6.45) is -5.44. The molecule has 0 N–H and O–H groups in total. The highest BCUT2D eigenvalue weighted by Gasteiger charge is 2.40. The number of ether oxygens (including phenoxy) is 2. The van der Waals surface area contributed by atoms with Crippen LogP contribution in [0.25, 0.3) is 0 Å². The van der Waals surface area contributed by atoms with Crippen LogP contribution in [0.15, 0.2) is 22.2 Å². The minimum absolute atomic E-state index is 0.124. The molecular weight excluding hydrogens is 756 g/mol. The summed E-state index contributed by atoms with van der Waals surface area (Å²) in [4.78, 5) is 27.0. The molecular formula is C32H49F5N6O8S2. The fourth-order valence-electron chi connectivity index (χ4n) is 5.76. The Hall–Kier alpha value is -3.49. The lowest BCUT2D eigenvalue weighted by Gasteiger charge is -2.34. The van der Waals surface area contributed by atoms with Gasteiger partial charge in [-0.05, 0) is 73.1 Å². The first-order chi connectivity index (χ1) is 24.2. The van der Waals surface area contributed by atoms with Gasteiger partial charge in [0, 0.05) is 58.3 Å². The summed E-state index contributed by atoms with van der Waals surface area (Å²) in [5.41, 5.74) is -4.78. The minimum Gasteiger partial charge on any atom is -0.444 e. The van der Waals surface area contributed by atoms with E-state index in [0.717, 1.165) is 15.4 Å². The van der Waals surface area contributed by atoms with Gasteiger partial charge >= 0.3 is 12.2 Å². The molecule has 2 saturated heterocycles. The number of piperidine rings is 2. The average Bonchev–Trinajstić information content (AvgIpc) is 3.63. The Morgan fingerprint density at radius 1 is 0.717 bits per heavy atom. The number of amides is 2. The number of likely N-dealkylation sites (tertiary alicyclic amines) is 2. The van der Waals surface area contributed by atoms with Gasteiger partial charge in [0.15, 0.2) is 19.9 Å². The first-order valence-corrected chi connectivity index (χ1v) is 20.1. The van der Waals surface area contributed by atoms with Crippen LogP contribution in [0.3, 0.4) is 0 Å². The zero-order chi connectivity index (χ0) is 40.3. The van der Waals surface area contributed by atoms with E-state index in [1.807, 2.05) is 0 Å². The van der Waals surface area contributed by atoms with Crippen molar-refractivity contribution in [2.24, 2.45) is 25.9 Å². The van der Waals surface area contributed by atoms with E-state index in [2.05, 4.69) is 10.2 Å². The minimum atomic E-state index is -4.48. The molecule has 2 amide bonds. The van der Waals surface area contributed by atoms with Crippen LogP contribution in [0.1, 0.15) is 91.5 Å². The largest absolute Gasteiger partial charge is 0.444 e. The van der Waals surface area contributed by atoms with E-state index in [4.69, 9.17) is 9.47 Å². The highest BCUT2D eigenvalue weighted by Crippen LogP contribution is 2.32. The summed E-state index contributed by atoms with van der Waals surface area (Å²) >= 11 is 0. The average molecular weight is 805 g/mol. The predicted molar refractivity (Wildman–Crippen MR) is 182 cm³/mol. The molecule has 21 heteroatoms. The van der Waals surface area contributed by atoms with Crippen molar-refractivity contribution in [3.05, 3.63) is 23.5 Å². The highest BCUT2D eigenvalue weighted by atomic mass is 32.2. The first kappa shape index (κ1) is 43.9. The smallest absolute Gasteiger partial charge is 0.410 e. The number of aromatic nitrogens is 4. The molecule has 2 fully saturated rings. The van der Waals surface area contributed by atoms with Crippen LogP contribution < -0.4 is 0 Å². The second kappa shape index (κ2) is 16.9. The van der Waals surface area contributed by atoms with E-state index in [9.17, 15) is 48.4 Å². The molecule has 302 valence electrons. The van der Waals surface area contributed by atoms with Crippen molar-refractivity contribution < 1.29 is 57.9 Å². The van der Waals surface area contributed by atoms with Crippen LogP contribution in [0.4, 0.5) is 31.5 Å². The fourth-order valence-corrected chi connectivity index (χ4v) is 9.33. The number of hydrogen-bond acceptors (Lipinski definition) is 10. The van der Waals surface area contributed by atoms with E-state index in [-0.39, 0.29) is 42.6 Å². The second-order valence-electron chi connectivity index (χ2n) is 15.1. The molecule has 53 heavy (non-hydrogen) atoms. The van der Waals surface area contributed by atoms with E-state index in [1.54, 1.807) is 46.4 Å². The van der Waals surface area contributed by atoms with E-state index in [1.165, 1.54) is 19.0 Å². The summed E-state index contributed by atoms with van der Waals surface area (Å²) in [6, 6.07) is 1.62. The molecule has 4 rings (SSSR count). The fraction of sp³-hybridized carbons (Fsp3) is 0.750. The number of aryl methyl sites for hydroxylation is 2. The van der Waals surface area contributed by atoms with Gasteiger partial charge in [-0.2, -0.15) is 10.2 Å². The third kappa shape index (κ3) is 12.0. The molecule has 4 heterocycles. The zero-order valence-electron chi connectivity index (χ0n) is 31.1. The molecule has 0 aromatic carbocycles. The van der Waals surface area contributed by atoms with Crippen molar-refractivity contribution in [3.8, 4) is 0 Å². The molecule has 0 aliphatic carbocycles. The predicted octanol–water partition coefficient (Wildman–Crippen LogP) is 5.85. The molecule has 0 spiro atoms. The Labute approximate surface area is 306 Å². The topological polar surface area (TPSA) is 163 Å². The number of rotatable bonds is 8. The lowest BCUT2D eigenvalue weighted by Crippen LogP contribution is -2.44. The SMILES string of the molecule is Cn1nc(C(F)F)cc1S(=O)(=O)C(F)C1CCN(C(=O)OC(C)(C)C)CC1.Cn1nc(C(F)F)cc1S(=O)(=O)CC1CCN(C(=O)OC(C)(C)C)CC1. The van der Waals surface area contributed by atoms with E-state index in [0.29, 0.717) is 32.0 Å². The maximum absolute atomic E-state index is 14.8. The van der Waals surface area contributed by atoms with E-state index < -0.39 is 83.7 Å². The Kier molecular flexibility index (Phi) is 14.0. The van der Waals surface area contributed by atoms with Gasteiger partial charge in [-0.1, -0.05) is 0 Å². The molecule has 2 aliphatic heterocycles. The van der Waals surface area contributed by atoms with Crippen molar-refractivity contribution in [2.45, 2.75) is 107 Å². The number of carbonyl (C=O) groups excluding carboxylic acids is 2. The summed E-state index contributed by atoms with van der Waals surface area (Å²) < 4.78 is 128. The quantitative estimate of drug-likeness (QED) is 0.296. The van der Waals surface area contributed by atoms with Crippen molar-refractivity contribution in [1.29, 1.82) is 0 Å². The Morgan fingerprint density at radius 2 is 1.09 bits per heavy atom. The van der Waals surface area contributed by atoms with Gasteiger partial charge in [0.25, 0.3) is 12.9 Å². The summed E-state index contributed by atoms with van der Waals surface area (Å²) in [5.74, 6) is -1.15. The Morgan fingerprint density at radius 3 is 1.47 bits per heavy atom. The molecule has 1 atom stereocenters. The van der Waals surface area contributed by atoms with Gasteiger partial charge in [-0.3, -0.25) is 9.36 Å². The van der Waals surface area contributed by atoms with Gasteiger partial charge < -0.3 is 19.3 Å². The van der Waals surface area contributed by atoms with Crippen LogP contribution in [0.2, 0.25) is 0 Å². The molecule has 2 aliphatic rings. The van der Waals surface area contributed by atoms with Gasteiger partial charge in [0.05, 0.1) is 5.75 Å². The van der Waals surface area contributed by atoms with Gasteiger partial charge in [-0.25, -0.2) is 48.4 Å². The Bertz CT molecular complexity index is 1790. The third-order valence-corrected chi connectivity index (χ3v) is 12.2. The highest BCUT2D eigenvalue weighted by molar-refractivity contribution is 7.92. The monoisotopic (exact) mass is 804 g/mol. The maximum Gasteiger partial charge on any atom is 0.410 e. The number of nitrogens with zero attached hydrogens (tertiary/aromatic N) is 6. The molecule has 0 bridgehead atoms. The standard InChI is InChI=1S/C16H24F3N3O4S.C16H25F2N3O4S/c1-16(2,3)26-15(23)22-7-5-10(6-8-22)14(19)27(24,25)12-9-11(13(17)18)20-21(12)4;1-16(2,3)25-15(22)21-7-5-11(6-8-21)10-26(23,24)13-9-12(14(17)18)19-20(13)4/h9-10,13-14H,5-8H2,1-4H3;9,11,14H,5-8,10H2,1-4H3. The second-order valence-corrected chi connectivity index (χ2v) is 19.0. The van der Waals surface area contributed by atoms with Gasteiger partial charge in [-0.15, -0.1) is 0 Å². The third-order valence-electron chi connectivity index (χ3n) is 8.35. The van der Waals surface area contributed by atoms with Crippen molar-refractivity contribution >= 4 is 31.9 Å². The number of alkyl halides is 5. The molecule has 2 aromatic heterocycles. The van der Waals surface area contributed by atoms with Crippen LogP contribution in [0, 0.1) is 11.8 Å². The molecule has 1 unspecified atom stereocenters. The zero-order valence-corrected chi connectivity index (χ0v) is 32.7.